The number of aliphatic carboxylic acids is 1. The van der Waals surface area contributed by atoms with E-state index < -0.39 is 16.3 Å². The van der Waals surface area contributed by atoms with E-state index in [0.29, 0.717) is 25.2 Å². The Balaban J connectivity index is 2.45. The normalized spacial score (nSPS) is 11.2. The average molecular weight is 295 g/mol. The van der Waals surface area contributed by atoms with Crippen molar-refractivity contribution < 1.29 is 19.6 Å². The van der Waals surface area contributed by atoms with Gasteiger partial charge in [-0.2, -0.15) is 0 Å². The fourth-order valence-electron chi connectivity index (χ4n) is 1.82. The molecular weight excluding hydrogens is 274 g/mol. The minimum absolute atomic E-state index is 0.00242. The summed E-state index contributed by atoms with van der Waals surface area (Å²) in [6.45, 7) is 5.63. The van der Waals surface area contributed by atoms with Gasteiger partial charge in [0.25, 0.3) is 5.69 Å². The number of carboxylic acid groups (broad SMARTS) is 1. The number of unbranched alkanes of at least 4 members (excludes halogenated alkanes) is 1. The lowest BCUT2D eigenvalue weighted by molar-refractivity contribution is -0.384. The Morgan fingerprint density at radius 3 is 2.62 bits per heavy atom. The molecule has 0 saturated carbocycles. The third-order valence-electron chi connectivity index (χ3n) is 3.42. The van der Waals surface area contributed by atoms with Crippen molar-refractivity contribution >= 4 is 11.7 Å². The molecule has 0 aromatic heterocycles. The van der Waals surface area contributed by atoms with Crippen molar-refractivity contribution in [1.82, 2.24) is 0 Å². The van der Waals surface area contributed by atoms with E-state index >= 15 is 0 Å². The zero-order valence-corrected chi connectivity index (χ0v) is 12.6. The molecule has 0 amide bonds. The molecule has 0 radical (unpaired) electrons. The number of carbonyl (C=O) groups is 1. The minimum atomic E-state index is -0.807. The first-order valence-corrected chi connectivity index (χ1v) is 6.85. The van der Waals surface area contributed by atoms with E-state index in [9.17, 15) is 14.9 Å². The maximum atomic E-state index is 11.0. The molecule has 0 aliphatic carbocycles. The number of hydrogen-bond donors (Lipinski definition) is 1. The molecule has 0 aliphatic rings. The minimum Gasteiger partial charge on any atom is -0.493 e. The molecule has 0 heterocycles. The van der Waals surface area contributed by atoms with Gasteiger partial charge in [-0.3, -0.25) is 14.9 Å². The van der Waals surface area contributed by atoms with E-state index in [0.717, 1.165) is 12.0 Å². The molecule has 1 aromatic rings. The highest BCUT2D eigenvalue weighted by Gasteiger charge is 2.26. The maximum Gasteiger partial charge on any atom is 0.309 e. The van der Waals surface area contributed by atoms with Crippen molar-refractivity contribution in [3.05, 3.63) is 33.9 Å². The summed E-state index contributed by atoms with van der Waals surface area (Å²) in [7, 11) is 0. The summed E-state index contributed by atoms with van der Waals surface area (Å²) in [6, 6.07) is 4.51. The van der Waals surface area contributed by atoms with E-state index in [-0.39, 0.29) is 5.69 Å². The first-order valence-electron chi connectivity index (χ1n) is 6.85. The van der Waals surface area contributed by atoms with E-state index in [1.54, 1.807) is 19.9 Å². The number of benzene rings is 1. The lowest BCUT2D eigenvalue weighted by Crippen LogP contribution is -2.23. The summed E-state index contributed by atoms with van der Waals surface area (Å²) in [5.41, 5.74) is 0.107. The predicted octanol–water partition coefficient (Wildman–Crippen LogP) is 3.56. The van der Waals surface area contributed by atoms with Crippen molar-refractivity contribution in [1.29, 1.82) is 0 Å². The van der Waals surface area contributed by atoms with Crippen LogP contribution in [-0.2, 0) is 4.79 Å². The smallest absolute Gasteiger partial charge is 0.309 e. The Labute approximate surface area is 123 Å². The molecule has 21 heavy (non-hydrogen) atoms. The molecule has 0 atom stereocenters. The fourth-order valence-corrected chi connectivity index (χ4v) is 1.82. The predicted molar refractivity (Wildman–Crippen MR) is 78.6 cm³/mol. The lowest BCUT2D eigenvalue weighted by Gasteiger charge is -2.18. The third-order valence-corrected chi connectivity index (χ3v) is 3.42. The second-order valence-corrected chi connectivity index (χ2v) is 5.70. The highest BCUT2D eigenvalue weighted by molar-refractivity contribution is 5.73. The molecule has 0 saturated heterocycles. The number of hydrogen-bond acceptors (Lipinski definition) is 4. The van der Waals surface area contributed by atoms with Gasteiger partial charge < -0.3 is 9.84 Å². The van der Waals surface area contributed by atoms with Crippen LogP contribution in [0, 0.1) is 22.5 Å². The third kappa shape index (κ3) is 5.06. The summed E-state index contributed by atoms with van der Waals surface area (Å²) in [5, 5.41) is 19.7. The maximum absolute atomic E-state index is 11.0. The molecule has 6 nitrogen and oxygen atoms in total. The molecule has 0 unspecified atom stereocenters. The Morgan fingerprint density at radius 1 is 1.38 bits per heavy atom. The number of nitro benzene ring substituents is 1. The van der Waals surface area contributed by atoms with E-state index in [4.69, 9.17) is 9.84 Å². The standard InChI is InChI=1S/C15H21NO5/c1-11-6-7-12(16(19)20)10-13(11)21-9-5-4-8-15(2,3)14(17)18/h6-7,10H,4-5,8-9H2,1-3H3,(H,17,18). The van der Waals surface area contributed by atoms with Crippen molar-refractivity contribution in [2.45, 2.75) is 40.0 Å². The van der Waals surface area contributed by atoms with Crippen LogP contribution in [-0.4, -0.2) is 22.6 Å². The van der Waals surface area contributed by atoms with Crippen LogP contribution in [0.3, 0.4) is 0 Å². The fraction of sp³-hybridized carbons (Fsp3) is 0.533. The second kappa shape index (κ2) is 7.06. The van der Waals surface area contributed by atoms with Crippen LogP contribution in [0.15, 0.2) is 18.2 Å². The number of carboxylic acids is 1. The SMILES string of the molecule is Cc1ccc([N+](=O)[O-])cc1OCCCCC(C)(C)C(=O)O. The van der Waals surface area contributed by atoms with Crippen LogP contribution < -0.4 is 4.74 Å². The van der Waals surface area contributed by atoms with E-state index in [1.165, 1.54) is 12.1 Å². The number of non-ortho nitro benzene ring substituents is 1. The van der Waals surface area contributed by atoms with Gasteiger partial charge in [0.2, 0.25) is 0 Å². The number of nitrogens with zero attached hydrogens (tertiary/aromatic N) is 1. The first kappa shape index (κ1) is 16.9. The van der Waals surface area contributed by atoms with Crippen LogP contribution in [0.25, 0.3) is 0 Å². The van der Waals surface area contributed by atoms with Gasteiger partial charge in [-0.05, 0) is 51.7 Å². The second-order valence-electron chi connectivity index (χ2n) is 5.70. The van der Waals surface area contributed by atoms with E-state index in [1.807, 2.05) is 6.92 Å². The number of nitro groups is 1. The van der Waals surface area contributed by atoms with Gasteiger partial charge in [0.15, 0.2) is 0 Å². The number of rotatable bonds is 8. The zero-order valence-electron chi connectivity index (χ0n) is 12.6. The van der Waals surface area contributed by atoms with Gasteiger partial charge in [-0.15, -0.1) is 0 Å². The highest BCUT2D eigenvalue weighted by Crippen LogP contribution is 2.25. The van der Waals surface area contributed by atoms with Crippen LogP contribution in [0.4, 0.5) is 5.69 Å². The van der Waals surface area contributed by atoms with Gasteiger partial charge in [0.1, 0.15) is 5.75 Å². The van der Waals surface area contributed by atoms with Crippen molar-refractivity contribution in [2.24, 2.45) is 5.41 Å². The van der Waals surface area contributed by atoms with Gasteiger partial charge >= 0.3 is 5.97 Å². The molecule has 1 rings (SSSR count). The lowest BCUT2D eigenvalue weighted by atomic mass is 9.87. The summed E-state index contributed by atoms with van der Waals surface area (Å²) in [5.74, 6) is -0.306. The molecule has 0 spiro atoms. The van der Waals surface area contributed by atoms with Gasteiger partial charge in [-0.1, -0.05) is 0 Å². The molecule has 1 aromatic carbocycles. The topological polar surface area (TPSA) is 89.7 Å². The zero-order chi connectivity index (χ0) is 16.0. The quantitative estimate of drug-likeness (QED) is 0.450. The highest BCUT2D eigenvalue weighted by atomic mass is 16.6. The van der Waals surface area contributed by atoms with Crippen LogP contribution in [0.2, 0.25) is 0 Å². The molecule has 1 N–H and O–H groups in total. The Bertz CT molecular complexity index is 525. The number of aryl methyl sites for hydroxylation is 1. The van der Waals surface area contributed by atoms with Gasteiger partial charge in [0, 0.05) is 6.07 Å². The molecular formula is C15H21NO5. The van der Waals surface area contributed by atoms with Crippen LogP contribution in [0.5, 0.6) is 5.75 Å². The van der Waals surface area contributed by atoms with Crippen molar-refractivity contribution in [3.8, 4) is 5.75 Å². The Kier molecular flexibility index (Phi) is 5.69. The largest absolute Gasteiger partial charge is 0.493 e. The Morgan fingerprint density at radius 2 is 2.05 bits per heavy atom. The molecule has 0 aliphatic heterocycles. The summed E-state index contributed by atoms with van der Waals surface area (Å²) >= 11 is 0. The van der Waals surface area contributed by atoms with Crippen molar-refractivity contribution in [3.63, 3.8) is 0 Å². The van der Waals surface area contributed by atoms with Gasteiger partial charge in [-0.25, -0.2) is 0 Å². The van der Waals surface area contributed by atoms with Crippen molar-refractivity contribution in [2.75, 3.05) is 6.61 Å². The van der Waals surface area contributed by atoms with Crippen LogP contribution in [0.1, 0.15) is 38.7 Å². The monoisotopic (exact) mass is 295 g/mol. The Hall–Kier alpha value is -2.11. The van der Waals surface area contributed by atoms with Crippen LogP contribution >= 0.6 is 0 Å². The molecule has 0 fully saturated rings. The molecule has 0 bridgehead atoms. The summed E-state index contributed by atoms with van der Waals surface area (Å²) in [6.07, 6.45) is 2.01. The summed E-state index contributed by atoms with van der Waals surface area (Å²) in [4.78, 5) is 21.2. The van der Waals surface area contributed by atoms with E-state index in [2.05, 4.69) is 0 Å². The average Bonchev–Trinajstić information content (AvgIpc) is 2.39. The number of ether oxygens (including phenoxy) is 1. The molecule has 6 heteroatoms. The van der Waals surface area contributed by atoms with Gasteiger partial charge in [0.05, 0.1) is 23.0 Å². The summed E-state index contributed by atoms with van der Waals surface area (Å²) < 4.78 is 5.55. The first-order chi connectivity index (χ1) is 9.74. The molecule has 116 valence electrons.